The Morgan fingerprint density at radius 3 is 2.12 bits per heavy atom. The summed E-state index contributed by atoms with van der Waals surface area (Å²) in [5, 5.41) is 12.1. The molecule has 132 valence electrons. The molecule has 2 N–H and O–H groups in total. The molecule has 4 rings (SSSR count). The summed E-state index contributed by atoms with van der Waals surface area (Å²) in [4.78, 5) is 12.1. The lowest BCUT2D eigenvalue weighted by Gasteiger charge is -2.11. The van der Waals surface area contributed by atoms with Gasteiger partial charge in [-0.25, -0.2) is 4.98 Å². The summed E-state index contributed by atoms with van der Waals surface area (Å²) in [6, 6.07) is 16.6. The minimum atomic E-state index is 0.680. The van der Waals surface area contributed by atoms with E-state index in [0.29, 0.717) is 5.95 Å². The molecule has 0 atom stereocenters. The van der Waals surface area contributed by atoms with Crippen LogP contribution >= 0.6 is 22.7 Å². The number of fused-ring (bicyclic) bond motifs is 1. The zero-order chi connectivity index (χ0) is 17.6. The van der Waals surface area contributed by atoms with Crippen LogP contribution in [0.25, 0.3) is 10.9 Å². The van der Waals surface area contributed by atoms with Crippen LogP contribution in [0.5, 0.6) is 0 Å². The molecule has 1 aromatic carbocycles. The van der Waals surface area contributed by atoms with Gasteiger partial charge in [-0.05, 0) is 47.9 Å². The topological polar surface area (TPSA) is 49.8 Å². The predicted molar refractivity (Wildman–Crippen MR) is 113 cm³/mol. The lowest BCUT2D eigenvalue weighted by molar-refractivity contribution is 0.995. The number of benzene rings is 1. The zero-order valence-electron chi connectivity index (χ0n) is 14.3. The number of nitrogens with one attached hydrogen (secondary N) is 2. The molecule has 3 aromatic heterocycles. The molecule has 0 unspecified atom stereocenters. The summed E-state index contributed by atoms with van der Waals surface area (Å²) in [5.41, 5.74) is 0.958. The highest BCUT2D eigenvalue weighted by molar-refractivity contribution is 7.10. The molecule has 0 amide bonds. The Labute approximate surface area is 161 Å². The van der Waals surface area contributed by atoms with Gasteiger partial charge in [0.1, 0.15) is 5.82 Å². The largest absolute Gasteiger partial charge is 0.369 e. The summed E-state index contributed by atoms with van der Waals surface area (Å²) in [6.45, 7) is 1.68. The third kappa shape index (κ3) is 4.20. The lowest BCUT2D eigenvalue weighted by atomic mass is 10.2. The number of anilines is 2. The summed E-state index contributed by atoms with van der Waals surface area (Å²) >= 11 is 3.57. The van der Waals surface area contributed by atoms with Gasteiger partial charge in [0.05, 0.1) is 5.52 Å². The van der Waals surface area contributed by atoms with Crippen LogP contribution in [0.1, 0.15) is 9.75 Å². The van der Waals surface area contributed by atoms with Gasteiger partial charge in [0, 0.05) is 28.2 Å². The third-order valence-corrected chi connectivity index (χ3v) is 5.95. The summed E-state index contributed by atoms with van der Waals surface area (Å²) in [5.74, 6) is 1.57. The maximum atomic E-state index is 4.71. The molecular formula is C20H20N4S2. The molecular weight excluding hydrogens is 360 g/mol. The number of aromatic nitrogens is 2. The van der Waals surface area contributed by atoms with E-state index in [1.165, 1.54) is 9.75 Å². The third-order valence-electron chi connectivity index (χ3n) is 4.08. The molecule has 0 saturated heterocycles. The Bertz CT molecular complexity index is 949. The van der Waals surface area contributed by atoms with Gasteiger partial charge < -0.3 is 10.6 Å². The molecule has 4 nitrogen and oxygen atoms in total. The van der Waals surface area contributed by atoms with Crippen molar-refractivity contribution in [3.63, 3.8) is 0 Å². The SMILES string of the molecule is c1csc(CCNc2nc(NCCc3cccs3)c3ccccc3n2)c1. The van der Waals surface area contributed by atoms with Crippen LogP contribution in [0, 0.1) is 0 Å². The van der Waals surface area contributed by atoms with Crippen molar-refractivity contribution in [1.82, 2.24) is 9.97 Å². The van der Waals surface area contributed by atoms with Crippen molar-refractivity contribution < 1.29 is 0 Å². The molecule has 0 spiro atoms. The molecule has 0 saturated carbocycles. The fourth-order valence-corrected chi connectivity index (χ4v) is 4.22. The fraction of sp³-hybridized carbons (Fsp3) is 0.200. The highest BCUT2D eigenvalue weighted by atomic mass is 32.1. The van der Waals surface area contributed by atoms with Crippen LogP contribution in [0.3, 0.4) is 0 Å². The van der Waals surface area contributed by atoms with Crippen molar-refractivity contribution in [3.8, 4) is 0 Å². The maximum absolute atomic E-state index is 4.71. The van der Waals surface area contributed by atoms with Crippen molar-refractivity contribution in [2.45, 2.75) is 12.8 Å². The first kappa shape index (κ1) is 17.0. The number of para-hydroxylation sites is 1. The molecule has 0 aliphatic carbocycles. The number of hydrogen-bond donors (Lipinski definition) is 2. The van der Waals surface area contributed by atoms with E-state index in [9.17, 15) is 0 Å². The van der Waals surface area contributed by atoms with Crippen LogP contribution in [0.15, 0.2) is 59.3 Å². The second-order valence-corrected chi connectivity index (χ2v) is 7.99. The molecule has 0 bridgehead atoms. The first-order chi connectivity index (χ1) is 12.9. The normalized spacial score (nSPS) is 10.9. The van der Waals surface area contributed by atoms with Gasteiger partial charge in [0.2, 0.25) is 5.95 Å². The van der Waals surface area contributed by atoms with E-state index in [2.05, 4.69) is 56.7 Å². The van der Waals surface area contributed by atoms with E-state index in [0.717, 1.165) is 42.7 Å². The molecule has 26 heavy (non-hydrogen) atoms. The van der Waals surface area contributed by atoms with Gasteiger partial charge in [-0.15, -0.1) is 22.7 Å². The van der Waals surface area contributed by atoms with Gasteiger partial charge in [0.15, 0.2) is 0 Å². The second kappa shape index (κ2) is 8.29. The van der Waals surface area contributed by atoms with Crippen LogP contribution in [-0.4, -0.2) is 23.1 Å². The van der Waals surface area contributed by atoms with Crippen LogP contribution < -0.4 is 10.6 Å². The van der Waals surface area contributed by atoms with Crippen molar-refractivity contribution in [2.75, 3.05) is 23.7 Å². The van der Waals surface area contributed by atoms with Gasteiger partial charge in [0.25, 0.3) is 0 Å². The number of hydrogen-bond acceptors (Lipinski definition) is 6. The highest BCUT2D eigenvalue weighted by Crippen LogP contribution is 2.22. The average molecular weight is 381 g/mol. The van der Waals surface area contributed by atoms with Gasteiger partial charge in [-0.2, -0.15) is 4.98 Å². The summed E-state index contributed by atoms with van der Waals surface area (Å²) in [6.07, 6.45) is 1.98. The summed E-state index contributed by atoms with van der Waals surface area (Å²) in [7, 11) is 0. The van der Waals surface area contributed by atoms with E-state index in [1.54, 1.807) is 22.7 Å². The number of nitrogens with zero attached hydrogens (tertiary/aromatic N) is 2. The van der Waals surface area contributed by atoms with E-state index in [1.807, 2.05) is 18.2 Å². The van der Waals surface area contributed by atoms with Crippen LogP contribution in [-0.2, 0) is 12.8 Å². The number of thiophene rings is 2. The minimum Gasteiger partial charge on any atom is -0.369 e. The molecule has 4 aromatic rings. The maximum Gasteiger partial charge on any atom is 0.225 e. The fourth-order valence-electron chi connectivity index (χ4n) is 2.80. The van der Waals surface area contributed by atoms with Gasteiger partial charge in [-0.1, -0.05) is 24.3 Å². The molecule has 0 aliphatic rings. The van der Waals surface area contributed by atoms with Crippen molar-refractivity contribution in [3.05, 3.63) is 69.0 Å². The molecule has 6 heteroatoms. The second-order valence-electron chi connectivity index (χ2n) is 5.93. The Morgan fingerprint density at radius 1 is 0.731 bits per heavy atom. The molecule has 0 fully saturated rings. The zero-order valence-corrected chi connectivity index (χ0v) is 15.9. The van der Waals surface area contributed by atoms with Crippen molar-refractivity contribution in [2.24, 2.45) is 0 Å². The highest BCUT2D eigenvalue weighted by Gasteiger charge is 2.07. The Kier molecular flexibility index (Phi) is 5.42. The Morgan fingerprint density at radius 2 is 1.42 bits per heavy atom. The number of rotatable bonds is 8. The van der Waals surface area contributed by atoms with Gasteiger partial charge in [-0.3, -0.25) is 0 Å². The monoisotopic (exact) mass is 380 g/mol. The first-order valence-corrected chi connectivity index (χ1v) is 10.4. The molecule has 3 heterocycles. The van der Waals surface area contributed by atoms with E-state index in [4.69, 9.17) is 4.98 Å². The van der Waals surface area contributed by atoms with E-state index < -0.39 is 0 Å². The van der Waals surface area contributed by atoms with Crippen molar-refractivity contribution in [1.29, 1.82) is 0 Å². The standard InChI is InChI=1S/C20H20N4S2/c1-2-8-18-17(7-1)19(21-11-9-15-5-3-13-25-15)24-20(23-18)22-12-10-16-6-4-14-26-16/h1-8,13-14H,9-12H2,(H2,21,22,23,24). The van der Waals surface area contributed by atoms with E-state index in [-0.39, 0.29) is 0 Å². The lowest BCUT2D eigenvalue weighted by Crippen LogP contribution is -2.11. The Hall–Kier alpha value is -2.44. The van der Waals surface area contributed by atoms with Crippen LogP contribution in [0.4, 0.5) is 11.8 Å². The summed E-state index contributed by atoms with van der Waals surface area (Å²) < 4.78 is 0. The first-order valence-electron chi connectivity index (χ1n) is 8.68. The minimum absolute atomic E-state index is 0.680. The Balaban J connectivity index is 1.46. The average Bonchev–Trinajstić information content (AvgIpc) is 3.36. The molecule has 0 radical (unpaired) electrons. The smallest absolute Gasteiger partial charge is 0.225 e. The predicted octanol–water partition coefficient (Wildman–Crippen LogP) is 5.06. The van der Waals surface area contributed by atoms with Crippen molar-refractivity contribution >= 4 is 45.3 Å². The molecule has 0 aliphatic heterocycles. The van der Waals surface area contributed by atoms with Gasteiger partial charge >= 0.3 is 0 Å². The van der Waals surface area contributed by atoms with E-state index >= 15 is 0 Å². The van der Waals surface area contributed by atoms with Crippen LogP contribution in [0.2, 0.25) is 0 Å². The quantitative estimate of drug-likeness (QED) is 0.448.